The fourth-order valence-corrected chi connectivity index (χ4v) is 2.51. The topological polar surface area (TPSA) is 132 Å². The minimum atomic E-state index is -2.42. The van der Waals surface area contributed by atoms with Crippen LogP contribution in [-0.4, -0.2) is 13.3 Å². The Morgan fingerprint density at radius 2 is 1.67 bits per heavy atom. The Balaban J connectivity index is 2.51. The molecule has 0 amide bonds. The van der Waals surface area contributed by atoms with Crippen LogP contribution in [0.5, 0.6) is 0 Å². The zero-order chi connectivity index (χ0) is 15.2. The van der Waals surface area contributed by atoms with Crippen LogP contribution in [0, 0.1) is 0 Å². The second-order valence-corrected chi connectivity index (χ2v) is 4.96. The first-order valence-corrected chi connectivity index (χ1v) is 6.80. The molecule has 0 radical (unpaired) electrons. The van der Waals surface area contributed by atoms with Crippen LogP contribution in [-0.2, 0) is 10.3 Å². The highest BCUT2D eigenvalue weighted by Gasteiger charge is 2.16. The van der Waals surface area contributed by atoms with Crippen molar-refractivity contribution in [3.05, 3.63) is 68.6 Å². The Morgan fingerprint density at radius 1 is 1.00 bits per heavy atom. The molecule has 0 atom stereocenters. The fourth-order valence-electron chi connectivity index (χ4n) is 1.88. The highest BCUT2D eigenvalue weighted by atomic mass is 32.2. The minimum Gasteiger partial charge on any atom is -0.184 e. The first-order valence-electron chi connectivity index (χ1n) is 5.72. The molecule has 1 aromatic rings. The van der Waals surface area contributed by atoms with E-state index in [2.05, 4.69) is 20.1 Å². The summed E-state index contributed by atoms with van der Waals surface area (Å²) in [5.74, 6) is 0. The molecule has 2 rings (SSSR count). The van der Waals surface area contributed by atoms with Gasteiger partial charge in [0.2, 0.25) is 10.3 Å². The highest BCUT2D eigenvalue weighted by Crippen LogP contribution is 2.26. The largest absolute Gasteiger partial charge is 0.218 e. The zero-order valence-corrected chi connectivity index (χ0v) is 11.4. The molecule has 0 fully saturated rings. The molecule has 0 saturated carbocycles. The molecule has 0 aromatic heterocycles. The lowest BCUT2D eigenvalue weighted by Gasteiger charge is -2.13. The number of hydrogen-bond donors (Lipinski definition) is 0. The maximum absolute atomic E-state index is 11.4. The molecule has 8 nitrogen and oxygen atoms in total. The van der Waals surface area contributed by atoms with Crippen LogP contribution in [0.2, 0.25) is 0 Å². The number of rotatable bonds is 3. The monoisotopic (exact) mass is 300 g/mol. The first-order chi connectivity index (χ1) is 10.2. The minimum absolute atomic E-state index is 0.0457. The standard InChI is InChI=1S/C12H8N6O2S/c13-17-15-9-3-1-8(2-4-9)11-6-5-10(16-18-14)7-12(11)21(19)20/h1-6H,7H2. The van der Waals surface area contributed by atoms with E-state index in [1.165, 1.54) is 0 Å². The van der Waals surface area contributed by atoms with Crippen molar-refractivity contribution in [2.45, 2.75) is 6.42 Å². The lowest BCUT2D eigenvalue weighted by atomic mass is 9.95. The Kier molecular flexibility index (Phi) is 4.43. The van der Waals surface area contributed by atoms with E-state index < -0.39 is 10.3 Å². The second-order valence-electron chi connectivity index (χ2n) is 4.00. The van der Waals surface area contributed by atoms with Gasteiger partial charge in [0, 0.05) is 33.2 Å². The maximum atomic E-state index is 11.4. The van der Waals surface area contributed by atoms with Crippen LogP contribution in [0.15, 0.2) is 52.3 Å². The SMILES string of the molecule is [N-]=[N+]=NC1=CC=C(c2ccc(N=[N+]=[N-])cc2)C(=S(=O)=O)C1. The van der Waals surface area contributed by atoms with E-state index in [0.717, 1.165) is 0 Å². The molecule has 0 N–H and O–H groups in total. The van der Waals surface area contributed by atoms with Gasteiger partial charge in [-0.25, -0.2) is 0 Å². The molecule has 0 saturated heterocycles. The van der Waals surface area contributed by atoms with Crippen molar-refractivity contribution < 1.29 is 8.42 Å². The van der Waals surface area contributed by atoms with Gasteiger partial charge >= 0.3 is 0 Å². The molecule has 0 bridgehead atoms. The molecule has 1 aromatic carbocycles. The molecule has 21 heavy (non-hydrogen) atoms. The van der Waals surface area contributed by atoms with Crippen molar-refractivity contribution >= 4 is 26.4 Å². The third kappa shape index (κ3) is 3.31. The van der Waals surface area contributed by atoms with Gasteiger partial charge in [0.25, 0.3) is 0 Å². The zero-order valence-electron chi connectivity index (χ0n) is 10.6. The van der Waals surface area contributed by atoms with Crippen LogP contribution in [0.1, 0.15) is 12.0 Å². The van der Waals surface area contributed by atoms with Crippen molar-refractivity contribution in [1.82, 2.24) is 0 Å². The lowest BCUT2D eigenvalue weighted by molar-refractivity contribution is 0.627. The van der Waals surface area contributed by atoms with Crippen LogP contribution in [0.4, 0.5) is 5.69 Å². The normalized spacial score (nSPS) is 13.4. The smallest absolute Gasteiger partial charge is 0.184 e. The summed E-state index contributed by atoms with van der Waals surface area (Å²) in [4.78, 5) is 5.47. The molecular weight excluding hydrogens is 292 g/mol. The Labute approximate surface area is 120 Å². The van der Waals surface area contributed by atoms with E-state index in [0.29, 0.717) is 22.5 Å². The number of allylic oxidation sites excluding steroid dienone is 4. The molecule has 0 unspecified atom stereocenters. The quantitative estimate of drug-likeness (QED) is 0.364. The second kappa shape index (κ2) is 6.44. The van der Waals surface area contributed by atoms with Crippen LogP contribution in [0.3, 0.4) is 0 Å². The Hall–Kier alpha value is -2.99. The first kappa shape index (κ1) is 14.4. The summed E-state index contributed by atoms with van der Waals surface area (Å²) in [5, 5.41) is 6.88. The van der Waals surface area contributed by atoms with E-state index in [4.69, 9.17) is 11.1 Å². The van der Waals surface area contributed by atoms with E-state index >= 15 is 0 Å². The Morgan fingerprint density at radius 3 is 2.24 bits per heavy atom. The summed E-state index contributed by atoms with van der Waals surface area (Å²) in [6, 6.07) is 6.51. The average Bonchev–Trinajstić information content (AvgIpc) is 2.49. The van der Waals surface area contributed by atoms with Crippen LogP contribution < -0.4 is 0 Å². The lowest BCUT2D eigenvalue weighted by Crippen LogP contribution is -2.08. The van der Waals surface area contributed by atoms with Crippen molar-refractivity contribution in [2.24, 2.45) is 10.2 Å². The predicted molar refractivity (Wildman–Crippen MR) is 79.0 cm³/mol. The molecule has 1 aliphatic rings. The van der Waals surface area contributed by atoms with Crippen molar-refractivity contribution in [2.75, 3.05) is 0 Å². The van der Waals surface area contributed by atoms with E-state index in [1.807, 2.05) is 0 Å². The van der Waals surface area contributed by atoms with E-state index in [9.17, 15) is 8.42 Å². The molecule has 1 aliphatic carbocycles. The van der Waals surface area contributed by atoms with Gasteiger partial charge in [-0.05, 0) is 16.6 Å². The molecule has 9 heteroatoms. The third-order valence-corrected chi connectivity index (χ3v) is 3.56. The van der Waals surface area contributed by atoms with Gasteiger partial charge in [-0.2, -0.15) is 8.42 Å². The molecule has 0 aliphatic heterocycles. The van der Waals surface area contributed by atoms with Crippen LogP contribution in [0.25, 0.3) is 26.5 Å². The fraction of sp³-hybridized carbons (Fsp3) is 0.0833. The van der Waals surface area contributed by atoms with Crippen molar-refractivity contribution in [3.63, 3.8) is 0 Å². The summed E-state index contributed by atoms with van der Waals surface area (Å²) in [7, 11) is -2.42. The van der Waals surface area contributed by atoms with E-state index in [1.54, 1.807) is 36.4 Å². The van der Waals surface area contributed by atoms with E-state index in [-0.39, 0.29) is 11.3 Å². The summed E-state index contributed by atoms with van der Waals surface area (Å²) < 4.78 is 22.7. The maximum Gasteiger partial charge on any atom is 0.218 e. The summed E-state index contributed by atoms with van der Waals surface area (Å²) in [6.07, 6.45) is 3.21. The number of azide groups is 2. The van der Waals surface area contributed by atoms with Crippen molar-refractivity contribution in [1.29, 1.82) is 0 Å². The Bertz CT molecular complexity index is 859. The van der Waals surface area contributed by atoms with Gasteiger partial charge in [-0.15, -0.1) is 0 Å². The third-order valence-electron chi connectivity index (χ3n) is 2.80. The van der Waals surface area contributed by atoms with Gasteiger partial charge in [0.1, 0.15) is 0 Å². The van der Waals surface area contributed by atoms with Gasteiger partial charge in [0.15, 0.2) is 0 Å². The predicted octanol–water partition coefficient (Wildman–Crippen LogP) is 3.66. The number of benzene rings is 1. The summed E-state index contributed by atoms with van der Waals surface area (Å²) in [5.41, 5.74) is 18.7. The number of hydrogen-bond acceptors (Lipinski definition) is 4. The summed E-state index contributed by atoms with van der Waals surface area (Å²) >= 11 is 0. The molecular formula is C12H8N6O2S. The molecule has 0 heterocycles. The van der Waals surface area contributed by atoms with Crippen molar-refractivity contribution in [3.8, 4) is 0 Å². The van der Waals surface area contributed by atoms with Crippen LogP contribution >= 0.6 is 0 Å². The highest BCUT2D eigenvalue weighted by molar-refractivity contribution is 7.74. The average molecular weight is 300 g/mol. The van der Waals surface area contributed by atoms with Gasteiger partial charge in [0.05, 0.1) is 4.86 Å². The van der Waals surface area contributed by atoms with Gasteiger partial charge in [-0.1, -0.05) is 46.6 Å². The molecule has 0 spiro atoms. The van der Waals surface area contributed by atoms with Gasteiger partial charge < -0.3 is 0 Å². The van der Waals surface area contributed by atoms with Gasteiger partial charge in [-0.3, -0.25) is 0 Å². The molecule has 104 valence electrons. The number of nitrogens with zero attached hydrogens (tertiary/aromatic N) is 6. The summed E-state index contributed by atoms with van der Waals surface area (Å²) in [6.45, 7) is 0.